The zero-order valence-electron chi connectivity index (χ0n) is 14.6. The Kier molecular flexibility index (Phi) is 5.24. The SMILES string of the molecule is O=C(CSc1c[nH]c2ccccc12)N1CCC[C@H](Oc2ncc(F)cn2)C1. The van der Waals surface area contributed by atoms with E-state index in [1.807, 2.05) is 35.4 Å². The standard InChI is InChI=1S/C19H19FN4O2S/c20-13-8-22-19(23-9-13)26-14-4-3-7-24(11-14)18(25)12-27-17-10-21-16-6-2-1-5-15(16)17/h1-2,5-6,8-10,14,21H,3-4,7,11-12H2/t14-/m0/s1. The minimum atomic E-state index is -0.503. The average molecular weight is 386 g/mol. The third kappa shape index (κ3) is 4.21. The molecule has 140 valence electrons. The van der Waals surface area contributed by atoms with Crippen molar-refractivity contribution < 1.29 is 13.9 Å². The van der Waals surface area contributed by atoms with Crippen molar-refractivity contribution in [1.82, 2.24) is 19.9 Å². The number of aromatic amines is 1. The summed E-state index contributed by atoms with van der Waals surface area (Å²) in [4.78, 5) is 26.4. The van der Waals surface area contributed by atoms with E-state index in [9.17, 15) is 9.18 Å². The molecule has 1 N–H and O–H groups in total. The number of carbonyl (C=O) groups is 1. The number of benzene rings is 1. The van der Waals surface area contributed by atoms with Crippen molar-refractivity contribution in [2.75, 3.05) is 18.8 Å². The van der Waals surface area contributed by atoms with E-state index in [1.54, 1.807) is 0 Å². The Morgan fingerprint density at radius 1 is 1.33 bits per heavy atom. The summed E-state index contributed by atoms with van der Waals surface area (Å²) in [7, 11) is 0. The van der Waals surface area contributed by atoms with Gasteiger partial charge in [0.1, 0.15) is 6.10 Å². The summed E-state index contributed by atoms with van der Waals surface area (Å²) in [5.74, 6) is -0.0440. The number of piperidine rings is 1. The Bertz CT molecular complexity index is 931. The van der Waals surface area contributed by atoms with Gasteiger partial charge in [-0.25, -0.2) is 14.4 Å². The number of amides is 1. The summed E-state index contributed by atoms with van der Waals surface area (Å²) >= 11 is 1.54. The number of nitrogens with zero attached hydrogens (tertiary/aromatic N) is 3. The van der Waals surface area contributed by atoms with Crippen LogP contribution in [0.25, 0.3) is 10.9 Å². The second-order valence-corrected chi connectivity index (χ2v) is 7.41. The highest BCUT2D eigenvalue weighted by molar-refractivity contribution is 8.00. The molecule has 0 unspecified atom stereocenters. The van der Waals surface area contributed by atoms with Crippen molar-refractivity contribution in [1.29, 1.82) is 0 Å². The van der Waals surface area contributed by atoms with E-state index in [0.717, 1.165) is 47.6 Å². The zero-order valence-corrected chi connectivity index (χ0v) is 15.4. The van der Waals surface area contributed by atoms with Crippen LogP contribution in [-0.2, 0) is 4.79 Å². The second kappa shape index (κ2) is 7.96. The molecule has 1 saturated heterocycles. The topological polar surface area (TPSA) is 71.1 Å². The Hall–Kier alpha value is -2.61. The van der Waals surface area contributed by atoms with E-state index < -0.39 is 5.82 Å². The molecular formula is C19H19FN4O2S. The first kappa shape index (κ1) is 17.8. The molecule has 0 spiro atoms. The van der Waals surface area contributed by atoms with Crippen LogP contribution in [0.15, 0.2) is 47.8 Å². The van der Waals surface area contributed by atoms with Gasteiger partial charge >= 0.3 is 6.01 Å². The summed E-state index contributed by atoms with van der Waals surface area (Å²) in [5, 5.41) is 1.13. The number of carbonyl (C=O) groups excluding carboxylic acids is 1. The Labute approximate surface area is 160 Å². The van der Waals surface area contributed by atoms with Crippen molar-refractivity contribution in [3.63, 3.8) is 0 Å². The fourth-order valence-corrected chi connectivity index (χ4v) is 4.10. The van der Waals surface area contributed by atoms with Crippen molar-refractivity contribution in [2.45, 2.75) is 23.8 Å². The molecule has 2 aromatic heterocycles. The highest BCUT2D eigenvalue weighted by Crippen LogP contribution is 2.28. The maximum Gasteiger partial charge on any atom is 0.316 e. The van der Waals surface area contributed by atoms with Crippen molar-refractivity contribution in [3.05, 3.63) is 48.7 Å². The Morgan fingerprint density at radius 3 is 3.00 bits per heavy atom. The fourth-order valence-electron chi connectivity index (χ4n) is 3.17. The van der Waals surface area contributed by atoms with Gasteiger partial charge in [-0.15, -0.1) is 11.8 Å². The van der Waals surface area contributed by atoms with Gasteiger partial charge in [0.25, 0.3) is 0 Å². The first-order valence-electron chi connectivity index (χ1n) is 8.80. The normalized spacial score (nSPS) is 17.2. The Balaban J connectivity index is 1.33. The monoisotopic (exact) mass is 386 g/mol. The van der Waals surface area contributed by atoms with Crippen LogP contribution in [0.3, 0.4) is 0 Å². The number of likely N-dealkylation sites (tertiary alicyclic amines) is 1. The van der Waals surface area contributed by atoms with Crippen LogP contribution in [0.2, 0.25) is 0 Å². The minimum Gasteiger partial charge on any atom is -0.458 e. The largest absolute Gasteiger partial charge is 0.458 e. The summed E-state index contributed by atoms with van der Waals surface area (Å²) in [6.45, 7) is 1.21. The number of hydrogen-bond acceptors (Lipinski definition) is 5. The van der Waals surface area contributed by atoms with E-state index in [-0.39, 0.29) is 18.0 Å². The third-order valence-electron chi connectivity index (χ3n) is 4.50. The molecule has 1 fully saturated rings. The lowest BCUT2D eigenvalue weighted by molar-refractivity contribution is -0.131. The molecule has 1 amide bonds. The van der Waals surface area contributed by atoms with Crippen molar-refractivity contribution in [3.8, 4) is 6.01 Å². The van der Waals surface area contributed by atoms with Gasteiger partial charge in [0.05, 0.1) is 24.7 Å². The quantitative estimate of drug-likeness (QED) is 0.682. The molecule has 27 heavy (non-hydrogen) atoms. The predicted molar refractivity (Wildman–Crippen MR) is 101 cm³/mol. The molecule has 3 aromatic rings. The third-order valence-corrected chi connectivity index (χ3v) is 5.54. The van der Waals surface area contributed by atoms with Gasteiger partial charge in [0.2, 0.25) is 5.91 Å². The highest BCUT2D eigenvalue weighted by atomic mass is 32.2. The molecule has 1 aromatic carbocycles. The van der Waals surface area contributed by atoms with Gasteiger partial charge in [-0.05, 0) is 18.9 Å². The summed E-state index contributed by atoms with van der Waals surface area (Å²) < 4.78 is 18.6. The highest BCUT2D eigenvalue weighted by Gasteiger charge is 2.25. The van der Waals surface area contributed by atoms with Crippen LogP contribution in [0.5, 0.6) is 6.01 Å². The van der Waals surface area contributed by atoms with Crippen LogP contribution < -0.4 is 4.74 Å². The molecular weight excluding hydrogens is 367 g/mol. The number of nitrogens with one attached hydrogen (secondary N) is 1. The molecule has 1 atom stereocenters. The number of H-pyrrole nitrogens is 1. The zero-order chi connectivity index (χ0) is 18.6. The number of aromatic nitrogens is 3. The number of fused-ring (bicyclic) bond motifs is 1. The summed E-state index contributed by atoms with van der Waals surface area (Å²) in [5.41, 5.74) is 1.07. The van der Waals surface area contributed by atoms with Crippen LogP contribution in [-0.4, -0.2) is 50.7 Å². The predicted octanol–water partition coefficient (Wildman–Crippen LogP) is 3.26. The lowest BCUT2D eigenvalue weighted by atomic mass is 10.1. The number of thioether (sulfide) groups is 1. The van der Waals surface area contributed by atoms with Crippen LogP contribution in [0.1, 0.15) is 12.8 Å². The molecule has 1 aliphatic heterocycles. The number of halogens is 1. The second-order valence-electron chi connectivity index (χ2n) is 6.39. The fraction of sp³-hybridized carbons (Fsp3) is 0.316. The van der Waals surface area contributed by atoms with E-state index in [1.165, 1.54) is 11.8 Å². The van der Waals surface area contributed by atoms with Gasteiger partial charge in [-0.2, -0.15) is 0 Å². The van der Waals surface area contributed by atoms with E-state index in [0.29, 0.717) is 12.3 Å². The summed E-state index contributed by atoms with van der Waals surface area (Å²) in [6.07, 6.45) is 5.59. The first-order valence-corrected chi connectivity index (χ1v) is 9.78. The van der Waals surface area contributed by atoms with E-state index in [4.69, 9.17) is 4.74 Å². The van der Waals surface area contributed by atoms with Crippen LogP contribution in [0, 0.1) is 5.82 Å². The minimum absolute atomic E-state index is 0.0820. The van der Waals surface area contributed by atoms with E-state index >= 15 is 0 Å². The number of para-hydroxylation sites is 1. The molecule has 0 bridgehead atoms. The average Bonchev–Trinajstić information content (AvgIpc) is 3.11. The van der Waals surface area contributed by atoms with Crippen LogP contribution in [0.4, 0.5) is 4.39 Å². The van der Waals surface area contributed by atoms with Gasteiger partial charge in [0.15, 0.2) is 5.82 Å². The van der Waals surface area contributed by atoms with Gasteiger partial charge < -0.3 is 14.6 Å². The smallest absolute Gasteiger partial charge is 0.316 e. The number of hydrogen-bond donors (Lipinski definition) is 1. The van der Waals surface area contributed by atoms with E-state index in [2.05, 4.69) is 15.0 Å². The lowest BCUT2D eigenvalue weighted by Crippen LogP contribution is -2.45. The van der Waals surface area contributed by atoms with Crippen LogP contribution >= 0.6 is 11.8 Å². The lowest BCUT2D eigenvalue weighted by Gasteiger charge is -2.32. The number of ether oxygens (including phenoxy) is 1. The maximum absolute atomic E-state index is 12.9. The maximum atomic E-state index is 12.9. The molecule has 0 saturated carbocycles. The first-order chi connectivity index (χ1) is 13.2. The molecule has 6 nitrogen and oxygen atoms in total. The van der Waals surface area contributed by atoms with Gasteiger partial charge in [0, 0.05) is 28.5 Å². The van der Waals surface area contributed by atoms with Crippen molar-refractivity contribution >= 4 is 28.6 Å². The van der Waals surface area contributed by atoms with Gasteiger partial charge in [-0.1, -0.05) is 18.2 Å². The van der Waals surface area contributed by atoms with Gasteiger partial charge in [-0.3, -0.25) is 4.79 Å². The Morgan fingerprint density at radius 2 is 2.15 bits per heavy atom. The molecule has 1 aliphatic rings. The summed E-state index contributed by atoms with van der Waals surface area (Å²) in [6, 6.07) is 8.18. The molecule has 3 heterocycles. The molecule has 8 heteroatoms. The molecule has 0 radical (unpaired) electrons. The molecule has 4 rings (SSSR count). The number of rotatable bonds is 5. The van der Waals surface area contributed by atoms with Crippen molar-refractivity contribution in [2.24, 2.45) is 0 Å². The molecule has 0 aliphatic carbocycles.